The summed E-state index contributed by atoms with van der Waals surface area (Å²) in [5.74, 6) is 0.728. The van der Waals surface area contributed by atoms with Gasteiger partial charge in [-0.25, -0.2) is 0 Å². The van der Waals surface area contributed by atoms with Crippen LogP contribution < -0.4 is 4.74 Å². The smallest absolute Gasteiger partial charge is 0.254 e. The summed E-state index contributed by atoms with van der Waals surface area (Å²) < 4.78 is 5.89. The van der Waals surface area contributed by atoms with Gasteiger partial charge in [-0.1, -0.05) is 30.3 Å². The van der Waals surface area contributed by atoms with Crippen LogP contribution in [0.15, 0.2) is 53.0 Å². The molecule has 2 rings (SSSR count). The van der Waals surface area contributed by atoms with Gasteiger partial charge in [0, 0.05) is 18.1 Å². The molecule has 0 aliphatic carbocycles. The normalized spacial score (nSPS) is 10.2. The summed E-state index contributed by atoms with van der Waals surface area (Å²) in [7, 11) is 3.43. The van der Waals surface area contributed by atoms with E-state index >= 15 is 0 Å². The fraction of sp³-hybridized carbons (Fsp3) is 0.235. The van der Waals surface area contributed by atoms with Gasteiger partial charge < -0.3 is 9.64 Å². The first-order valence-corrected chi connectivity index (χ1v) is 7.54. The van der Waals surface area contributed by atoms with Gasteiger partial charge in [-0.05, 0) is 46.1 Å². The lowest BCUT2D eigenvalue weighted by Crippen LogP contribution is -2.29. The average molecular weight is 348 g/mol. The highest BCUT2D eigenvalue weighted by atomic mass is 79.9. The van der Waals surface area contributed by atoms with Crippen molar-refractivity contribution < 1.29 is 9.53 Å². The van der Waals surface area contributed by atoms with Crippen LogP contribution in [0.1, 0.15) is 15.9 Å². The third kappa shape index (κ3) is 4.08. The monoisotopic (exact) mass is 347 g/mol. The van der Waals surface area contributed by atoms with E-state index in [-0.39, 0.29) is 5.91 Å². The zero-order chi connectivity index (χ0) is 15.2. The quantitative estimate of drug-likeness (QED) is 0.823. The lowest BCUT2D eigenvalue weighted by Gasteiger charge is -2.18. The summed E-state index contributed by atoms with van der Waals surface area (Å²) in [5, 5.41) is 0. The number of halogens is 1. The molecule has 1 amide bonds. The SMILES string of the molecule is COc1ccc(C(=O)N(C)CCc2ccccc2)c(Br)c1. The number of rotatable bonds is 5. The molecule has 0 radical (unpaired) electrons. The van der Waals surface area contributed by atoms with Crippen molar-refractivity contribution in [1.82, 2.24) is 4.90 Å². The minimum absolute atomic E-state index is 0.000425. The van der Waals surface area contributed by atoms with Crippen LogP contribution in [0.4, 0.5) is 0 Å². The van der Waals surface area contributed by atoms with Crippen molar-refractivity contribution in [3.8, 4) is 5.75 Å². The molecule has 0 N–H and O–H groups in total. The van der Waals surface area contributed by atoms with Gasteiger partial charge in [0.15, 0.2) is 0 Å². The van der Waals surface area contributed by atoms with Gasteiger partial charge in [0.2, 0.25) is 0 Å². The molecule has 4 heteroatoms. The van der Waals surface area contributed by atoms with Crippen molar-refractivity contribution in [1.29, 1.82) is 0 Å². The summed E-state index contributed by atoms with van der Waals surface area (Å²) in [6.07, 6.45) is 0.844. The van der Waals surface area contributed by atoms with E-state index in [1.54, 1.807) is 30.2 Å². The van der Waals surface area contributed by atoms with Crippen molar-refractivity contribution >= 4 is 21.8 Å². The lowest BCUT2D eigenvalue weighted by molar-refractivity contribution is 0.0795. The molecule has 0 aliphatic rings. The van der Waals surface area contributed by atoms with Crippen LogP contribution in [-0.2, 0) is 6.42 Å². The molecule has 0 unspecified atom stereocenters. The first-order valence-electron chi connectivity index (χ1n) is 6.74. The van der Waals surface area contributed by atoms with Gasteiger partial charge in [0.05, 0.1) is 12.7 Å². The highest BCUT2D eigenvalue weighted by Gasteiger charge is 2.15. The first kappa shape index (κ1) is 15.6. The number of benzene rings is 2. The van der Waals surface area contributed by atoms with E-state index in [2.05, 4.69) is 28.1 Å². The van der Waals surface area contributed by atoms with Crippen LogP contribution in [0.5, 0.6) is 5.75 Å². The van der Waals surface area contributed by atoms with Crippen molar-refractivity contribution in [2.75, 3.05) is 20.7 Å². The maximum atomic E-state index is 12.4. The van der Waals surface area contributed by atoms with Gasteiger partial charge >= 0.3 is 0 Å². The zero-order valence-corrected chi connectivity index (χ0v) is 13.8. The van der Waals surface area contributed by atoms with E-state index in [0.29, 0.717) is 12.1 Å². The van der Waals surface area contributed by atoms with Crippen LogP contribution in [0.3, 0.4) is 0 Å². The molecule has 0 spiro atoms. The largest absolute Gasteiger partial charge is 0.497 e. The van der Waals surface area contributed by atoms with E-state index in [4.69, 9.17) is 4.74 Å². The zero-order valence-electron chi connectivity index (χ0n) is 12.2. The number of carbonyl (C=O) groups is 1. The molecular weight excluding hydrogens is 330 g/mol. The third-order valence-electron chi connectivity index (χ3n) is 3.33. The number of methoxy groups -OCH3 is 1. The lowest BCUT2D eigenvalue weighted by atomic mass is 10.1. The Balaban J connectivity index is 2.02. The van der Waals surface area contributed by atoms with E-state index in [9.17, 15) is 4.79 Å². The Morgan fingerprint density at radius 3 is 2.52 bits per heavy atom. The van der Waals surface area contributed by atoms with Crippen molar-refractivity contribution in [2.24, 2.45) is 0 Å². The number of likely N-dealkylation sites (N-methyl/N-ethyl adjacent to an activating group) is 1. The Labute approximate surface area is 133 Å². The maximum absolute atomic E-state index is 12.4. The molecule has 0 aromatic heterocycles. The molecule has 2 aromatic carbocycles. The van der Waals surface area contributed by atoms with E-state index in [1.807, 2.05) is 25.2 Å². The number of hydrogen-bond acceptors (Lipinski definition) is 2. The topological polar surface area (TPSA) is 29.5 Å². The summed E-state index contributed by atoms with van der Waals surface area (Å²) >= 11 is 3.43. The first-order chi connectivity index (χ1) is 10.1. The summed E-state index contributed by atoms with van der Waals surface area (Å²) in [4.78, 5) is 14.2. The van der Waals surface area contributed by atoms with Gasteiger partial charge in [0.25, 0.3) is 5.91 Å². The second-order valence-electron chi connectivity index (χ2n) is 4.81. The van der Waals surface area contributed by atoms with Crippen LogP contribution in [0.2, 0.25) is 0 Å². The summed E-state index contributed by atoms with van der Waals surface area (Å²) in [5.41, 5.74) is 1.87. The molecule has 2 aromatic rings. The van der Waals surface area contributed by atoms with Crippen molar-refractivity contribution in [2.45, 2.75) is 6.42 Å². The van der Waals surface area contributed by atoms with Gasteiger partial charge in [-0.2, -0.15) is 0 Å². The average Bonchev–Trinajstić information content (AvgIpc) is 2.52. The Kier molecular flexibility index (Phi) is 5.39. The Morgan fingerprint density at radius 2 is 1.90 bits per heavy atom. The van der Waals surface area contributed by atoms with Crippen molar-refractivity contribution in [3.63, 3.8) is 0 Å². The second-order valence-corrected chi connectivity index (χ2v) is 5.66. The second kappa shape index (κ2) is 7.27. The van der Waals surface area contributed by atoms with E-state index < -0.39 is 0 Å². The highest BCUT2D eigenvalue weighted by Crippen LogP contribution is 2.24. The van der Waals surface area contributed by atoms with Crippen LogP contribution >= 0.6 is 15.9 Å². The fourth-order valence-electron chi connectivity index (χ4n) is 2.04. The van der Waals surface area contributed by atoms with Crippen LogP contribution in [0, 0.1) is 0 Å². The van der Waals surface area contributed by atoms with E-state index in [0.717, 1.165) is 16.6 Å². The summed E-state index contributed by atoms with van der Waals surface area (Å²) in [6, 6.07) is 15.5. The minimum Gasteiger partial charge on any atom is -0.497 e. The van der Waals surface area contributed by atoms with E-state index in [1.165, 1.54) is 5.56 Å². The minimum atomic E-state index is 0.000425. The summed E-state index contributed by atoms with van der Waals surface area (Å²) in [6.45, 7) is 0.682. The number of nitrogens with zero attached hydrogens (tertiary/aromatic N) is 1. The number of ether oxygens (including phenoxy) is 1. The highest BCUT2D eigenvalue weighted by molar-refractivity contribution is 9.10. The van der Waals surface area contributed by atoms with Gasteiger partial charge in [-0.15, -0.1) is 0 Å². The van der Waals surface area contributed by atoms with Gasteiger partial charge in [-0.3, -0.25) is 4.79 Å². The fourth-order valence-corrected chi connectivity index (χ4v) is 2.57. The van der Waals surface area contributed by atoms with Crippen LogP contribution in [-0.4, -0.2) is 31.5 Å². The Morgan fingerprint density at radius 1 is 1.19 bits per heavy atom. The number of amides is 1. The molecular formula is C17H18BrNO2. The molecule has 110 valence electrons. The standard InChI is InChI=1S/C17H18BrNO2/c1-19(11-10-13-6-4-3-5-7-13)17(20)15-9-8-14(21-2)12-16(15)18/h3-9,12H,10-11H2,1-2H3. The Bertz CT molecular complexity index is 613. The molecule has 0 saturated heterocycles. The maximum Gasteiger partial charge on any atom is 0.254 e. The van der Waals surface area contributed by atoms with Crippen molar-refractivity contribution in [3.05, 3.63) is 64.1 Å². The number of hydrogen-bond donors (Lipinski definition) is 0. The predicted octanol–water partition coefficient (Wildman–Crippen LogP) is 3.77. The molecule has 0 saturated carbocycles. The molecule has 0 heterocycles. The number of carbonyl (C=O) groups excluding carboxylic acids is 1. The predicted molar refractivity (Wildman–Crippen MR) is 87.8 cm³/mol. The molecule has 0 atom stereocenters. The molecule has 0 bridgehead atoms. The third-order valence-corrected chi connectivity index (χ3v) is 3.99. The Hall–Kier alpha value is -1.81. The van der Waals surface area contributed by atoms with Gasteiger partial charge in [0.1, 0.15) is 5.75 Å². The molecule has 0 aliphatic heterocycles. The molecule has 3 nitrogen and oxygen atoms in total. The molecule has 0 fully saturated rings. The molecule has 21 heavy (non-hydrogen) atoms. The van der Waals surface area contributed by atoms with Crippen LogP contribution in [0.25, 0.3) is 0 Å².